The first kappa shape index (κ1) is 21.3. The summed E-state index contributed by atoms with van der Waals surface area (Å²) in [5.41, 5.74) is 2.25. The standard InChI is InChI=1S/C20H29O4PS/c1-6-12-26-25(22,23-7-2)24-18-14-20(4,5)13-17(21)19(18)16-10-8-15(3)9-11-16/h8-11H,6-7,12-14H2,1-5H3. The molecule has 0 spiro atoms. The number of allylic oxidation sites excluding steroid dienone is 2. The van der Waals surface area contributed by atoms with Crippen molar-refractivity contribution in [2.24, 2.45) is 5.41 Å². The van der Waals surface area contributed by atoms with Gasteiger partial charge in [-0.2, -0.15) is 0 Å². The van der Waals surface area contributed by atoms with Gasteiger partial charge in [0.2, 0.25) is 0 Å². The second-order valence-electron chi connectivity index (χ2n) is 7.39. The van der Waals surface area contributed by atoms with E-state index in [4.69, 9.17) is 9.05 Å². The van der Waals surface area contributed by atoms with E-state index in [9.17, 15) is 9.36 Å². The average molecular weight is 396 g/mol. The van der Waals surface area contributed by atoms with Crippen LogP contribution in [0.25, 0.3) is 5.57 Å². The maximum atomic E-state index is 13.2. The molecule has 0 amide bonds. The highest BCUT2D eigenvalue weighted by Gasteiger charge is 2.38. The van der Waals surface area contributed by atoms with Gasteiger partial charge in [-0.05, 0) is 42.6 Å². The summed E-state index contributed by atoms with van der Waals surface area (Å²) in [6, 6.07) is 7.80. The first-order chi connectivity index (χ1) is 12.2. The van der Waals surface area contributed by atoms with Gasteiger partial charge >= 0.3 is 6.80 Å². The van der Waals surface area contributed by atoms with Crippen molar-refractivity contribution >= 4 is 29.5 Å². The summed E-state index contributed by atoms with van der Waals surface area (Å²) >= 11 is 1.21. The van der Waals surface area contributed by atoms with E-state index in [1.807, 2.05) is 52.0 Å². The SMILES string of the molecule is CCCSP(=O)(OCC)OC1=C(c2ccc(C)cc2)C(=O)CC(C)(C)C1. The Labute approximate surface area is 161 Å². The van der Waals surface area contributed by atoms with Crippen LogP contribution in [-0.2, 0) is 18.4 Å². The van der Waals surface area contributed by atoms with E-state index in [2.05, 4.69) is 0 Å². The fourth-order valence-electron chi connectivity index (χ4n) is 2.97. The highest BCUT2D eigenvalue weighted by molar-refractivity contribution is 8.55. The first-order valence-electron chi connectivity index (χ1n) is 9.12. The Morgan fingerprint density at radius 2 is 1.81 bits per heavy atom. The second-order valence-corrected chi connectivity index (χ2v) is 11.5. The Morgan fingerprint density at radius 3 is 2.38 bits per heavy atom. The summed E-state index contributed by atoms with van der Waals surface area (Å²) in [6.07, 6.45) is 1.88. The molecule has 4 nitrogen and oxygen atoms in total. The fourth-order valence-corrected chi connectivity index (χ4v) is 6.48. The third-order valence-corrected chi connectivity index (χ3v) is 8.10. The number of ketones is 1. The molecule has 0 aliphatic heterocycles. The number of Topliss-reactive ketones (excluding diaryl/α,β-unsaturated/α-hetero) is 1. The van der Waals surface area contributed by atoms with Crippen molar-refractivity contribution in [3.8, 4) is 0 Å². The lowest BCUT2D eigenvalue weighted by Gasteiger charge is -2.33. The van der Waals surface area contributed by atoms with Crippen LogP contribution < -0.4 is 0 Å². The van der Waals surface area contributed by atoms with E-state index in [1.54, 1.807) is 6.92 Å². The molecule has 6 heteroatoms. The van der Waals surface area contributed by atoms with Gasteiger partial charge in [0.05, 0.1) is 12.2 Å². The van der Waals surface area contributed by atoms with Crippen molar-refractivity contribution in [1.29, 1.82) is 0 Å². The van der Waals surface area contributed by atoms with Crippen LogP contribution in [0.2, 0.25) is 0 Å². The monoisotopic (exact) mass is 396 g/mol. The van der Waals surface area contributed by atoms with E-state index in [0.717, 1.165) is 17.5 Å². The minimum Gasteiger partial charge on any atom is -0.421 e. The molecule has 1 aromatic carbocycles. The Bertz CT molecular complexity index is 722. The van der Waals surface area contributed by atoms with Gasteiger partial charge in [0.1, 0.15) is 5.76 Å². The topological polar surface area (TPSA) is 52.6 Å². The molecule has 144 valence electrons. The number of carbonyl (C=O) groups excluding carboxylic acids is 1. The predicted octanol–water partition coefficient (Wildman–Crippen LogP) is 6.40. The normalized spacial score (nSPS) is 19.3. The Morgan fingerprint density at radius 1 is 1.15 bits per heavy atom. The van der Waals surface area contributed by atoms with Crippen molar-refractivity contribution in [2.45, 2.75) is 53.9 Å². The average Bonchev–Trinajstić information content (AvgIpc) is 2.53. The molecule has 0 bridgehead atoms. The first-order valence-corrected chi connectivity index (χ1v) is 12.2. The highest BCUT2D eigenvalue weighted by atomic mass is 32.7. The van der Waals surface area contributed by atoms with Crippen LogP contribution in [0.1, 0.15) is 58.1 Å². The third kappa shape index (κ3) is 5.48. The van der Waals surface area contributed by atoms with Gasteiger partial charge in [0.15, 0.2) is 5.78 Å². The minimum atomic E-state index is -3.35. The smallest absolute Gasteiger partial charge is 0.421 e. The number of hydrogen-bond donors (Lipinski definition) is 0. The quantitative estimate of drug-likeness (QED) is 0.476. The molecular weight excluding hydrogens is 367 g/mol. The molecule has 26 heavy (non-hydrogen) atoms. The third-order valence-electron chi connectivity index (χ3n) is 4.14. The van der Waals surface area contributed by atoms with Gasteiger partial charge in [0.25, 0.3) is 0 Å². The highest BCUT2D eigenvalue weighted by Crippen LogP contribution is 2.63. The molecule has 0 heterocycles. The van der Waals surface area contributed by atoms with Crippen molar-refractivity contribution in [1.82, 2.24) is 0 Å². The molecule has 0 fully saturated rings. The lowest BCUT2D eigenvalue weighted by Crippen LogP contribution is -2.26. The lowest BCUT2D eigenvalue weighted by molar-refractivity contribution is -0.116. The van der Waals surface area contributed by atoms with Crippen molar-refractivity contribution in [3.63, 3.8) is 0 Å². The van der Waals surface area contributed by atoms with Crippen molar-refractivity contribution in [2.75, 3.05) is 12.4 Å². The molecule has 1 aromatic rings. The molecule has 1 atom stereocenters. The van der Waals surface area contributed by atoms with Crippen LogP contribution in [-0.4, -0.2) is 18.1 Å². The molecule has 0 saturated carbocycles. The van der Waals surface area contributed by atoms with Gasteiger partial charge < -0.3 is 4.52 Å². The number of carbonyl (C=O) groups is 1. The van der Waals surface area contributed by atoms with Crippen molar-refractivity contribution < 1.29 is 18.4 Å². The number of rotatable bonds is 8. The van der Waals surface area contributed by atoms with Crippen LogP contribution >= 0.6 is 18.2 Å². The molecule has 0 saturated heterocycles. The maximum Gasteiger partial charge on any atom is 0.439 e. The molecular formula is C20H29O4PS. The van der Waals surface area contributed by atoms with Crippen LogP contribution in [0.15, 0.2) is 30.0 Å². The molecule has 1 aliphatic carbocycles. The molecule has 0 radical (unpaired) electrons. The summed E-state index contributed by atoms with van der Waals surface area (Å²) in [5, 5.41) is 0. The summed E-state index contributed by atoms with van der Waals surface area (Å²) in [5.74, 6) is 1.21. The van der Waals surface area contributed by atoms with Gasteiger partial charge in [-0.25, -0.2) is 4.57 Å². The van der Waals surface area contributed by atoms with E-state index >= 15 is 0 Å². The largest absolute Gasteiger partial charge is 0.439 e. The second kappa shape index (κ2) is 8.77. The molecule has 0 N–H and O–H groups in total. The molecule has 2 rings (SSSR count). The minimum absolute atomic E-state index is 0.0312. The van der Waals surface area contributed by atoms with Gasteiger partial charge in [-0.1, -0.05) is 50.6 Å². The zero-order valence-corrected chi connectivity index (χ0v) is 18.0. The Kier molecular flexibility index (Phi) is 7.18. The maximum absolute atomic E-state index is 13.2. The lowest BCUT2D eigenvalue weighted by atomic mass is 9.75. The predicted molar refractivity (Wildman–Crippen MR) is 109 cm³/mol. The Balaban J connectivity index is 2.48. The van der Waals surface area contributed by atoms with Gasteiger partial charge in [-0.3, -0.25) is 9.32 Å². The summed E-state index contributed by atoms with van der Waals surface area (Å²) in [7, 11) is 0. The zero-order valence-electron chi connectivity index (χ0n) is 16.3. The van der Waals surface area contributed by atoms with Crippen molar-refractivity contribution in [3.05, 3.63) is 41.2 Å². The zero-order chi connectivity index (χ0) is 19.4. The summed E-state index contributed by atoms with van der Waals surface area (Å²) in [6.45, 7) is 6.85. The summed E-state index contributed by atoms with van der Waals surface area (Å²) in [4.78, 5) is 12.9. The fraction of sp³-hybridized carbons (Fsp3) is 0.550. The molecule has 0 aromatic heterocycles. The van der Waals surface area contributed by atoms with E-state index < -0.39 is 6.80 Å². The van der Waals surface area contributed by atoms with E-state index in [-0.39, 0.29) is 11.2 Å². The van der Waals surface area contributed by atoms with Crippen LogP contribution in [0.4, 0.5) is 0 Å². The van der Waals surface area contributed by atoms with Crippen LogP contribution in [0.5, 0.6) is 0 Å². The number of aryl methyl sites for hydroxylation is 1. The van der Waals surface area contributed by atoms with E-state index in [0.29, 0.717) is 36.5 Å². The summed E-state index contributed by atoms with van der Waals surface area (Å²) < 4.78 is 24.6. The van der Waals surface area contributed by atoms with Gasteiger partial charge in [-0.15, -0.1) is 0 Å². The number of hydrogen-bond acceptors (Lipinski definition) is 5. The van der Waals surface area contributed by atoms with Crippen LogP contribution in [0, 0.1) is 12.3 Å². The van der Waals surface area contributed by atoms with E-state index in [1.165, 1.54) is 11.4 Å². The van der Waals surface area contributed by atoms with Crippen LogP contribution in [0.3, 0.4) is 0 Å². The number of benzene rings is 1. The molecule has 1 unspecified atom stereocenters. The Hall–Kier alpha value is -1.03. The molecule has 1 aliphatic rings. The van der Waals surface area contributed by atoms with Gasteiger partial charge in [0, 0.05) is 18.6 Å².